The maximum Gasteiger partial charge on any atom is 0.106 e. The van der Waals surface area contributed by atoms with Gasteiger partial charge in [0.1, 0.15) is 7.11 Å². The van der Waals surface area contributed by atoms with Gasteiger partial charge in [0.05, 0.1) is 11.8 Å². The van der Waals surface area contributed by atoms with E-state index in [1.165, 1.54) is 0 Å². The Labute approximate surface area is 85.1 Å². The molecule has 4 nitrogen and oxygen atoms in total. The van der Waals surface area contributed by atoms with Gasteiger partial charge in [0.25, 0.3) is 0 Å². The van der Waals surface area contributed by atoms with Crippen molar-refractivity contribution in [1.82, 2.24) is 4.90 Å². The fourth-order valence-corrected chi connectivity index (χ4v) is 2.73. The van der Waals surface area contributed by atoms with Crippen LogP contribution >= 0.6 is 0 Å². The Morgan fingerprint density at radius 3 is 2.79 bits per heavy atom. The second-order valence-corrected chi connectivity index (χ2v) is 4.54. The largest absolute Gasteiger partial charge is 0.399 e. The molecule has 0 radical (unpaired) electrons. The monoisotopic (exact) mass is 197 g/mol. The summed E-state index contributed by atoms with van der Waals surface area (Å²) in [7, 11) is 1.60. The molecule has 1 saturated carbocycles. The Bertz CT molecular complexity index is 252. The molecule has 0 aromatic carbocycles. The summed E-state index contributed by atoms with van der Waals surface area (Å²) < 4.78 is 0. The lowest BCUT2D eigenvalue weighted by Crippen LogP contribution is -2.46. The van der Waals surface area contributed by atoms with E-state index in [1.807, 2.05) is 0 Å². The van der Waals surface area contributed by atoms with Gasteiger partial charge in [-0.15, -0.1) is 0 Å². The zero-order chi connectivity index (χ0) is 10.3. The van der Waals surface area contributed by atoms with Gasteiger partial charge in [-0.25, -0.2) is 0 Å². The highest BCUT2D eigenvalue weighted by molar-refractivity contribution is 5.93. The van der Waals surface area contributed by atoms with Crippen molar-refractivity contribution >= 4 is 5.71 Å². The lowest BCUT2D eigenvalue weighted by atomic mass is 10.1. The summed E-state index contributed by atoms with van der Waals surface area (Å²) in [5.74, 6) is 0.580. The minimum absolute atomic E-state index is 0.256. The molecule has 0 aromatic heterocycles. The summed E-state index contributed by atoms with van der Waals surface area (Å²) in [4.78, 5) is 7.29. The number of hydrogen-bond donors (Lipinski definition) is 1. The minimum atomic E-state index is 0.256. The van der Waals surface area contributed by atoms with Crippen molar-refractivity contribution in [2.75, 3.05) is 13.7 Å². The third-order valence-electron chi connectivity index (χ3n) is 3.40. The highest BCUT2D eigenvalue weighted by Crippen LogP contribution is 2.36. The van der Waals surface area contributed by atoms with Crippen LogP contribution in [0.15, 0.2) is 5.16 Å². The topological polar surface area (TPSA) is 50.8 Å². The molecule has 1 heterocycles. The quantitative estimate of drug-likeness (QED) is 0.653. The molecular weight excluding hydrogens is 178 g/mol. The van der Waals surface area contributed by atoms with E-state index in [4.69, 9.17) is 10.6 Å². The van der Waals surface area contributed by atoms with Crippen LogP contribution in [0, 0.1) is 5.92 Å². The van der Waals surface area contributed by atoms with Crippen molar-refractivity contribution in [3.05, 3.63) is 0 Å². The smallest absolute Gasteiger partial charge is 0.106 e. The molecule has 3 atom stereocenters. The number of oxime groups is 1. The van der Waals surface area contributed by atoms with Crippen LogP contribution in [0.25, 0.3) is 0 Å². The Morgan fingerprint density at radius 2 is 2.29 bits per heavy atom. The summed E-state index contributed by atoms with van der Waals surface area (Å²) in [5, 5.41) is 4.08. The highest BCUT2D eigenvalue weighted by Gasteiger charge is 2.50. The van der Waals surface area contributed by atoms with Gasteiger partial charge in [-0.3, -0.25) is 4.90 Å². The minimum Gasteiger partial charge on any atom is -0.399 e. The van der Waals surface area contributed by atoms with Gasteiger partial charge in [0, 0.05) is 18.6 Å². The molecule has 0 aromatic rings. The van der Waals surface area contributed by atoms with Gasteiger partial charge in [-0.2, -0.15) is 0 Å². The Morgan fingerprint density at radius 1 is 1.57 bits per heavy atom. The average Bonchev–Trinajstić information content (AvgIpc) is 2.59. The number of fused-ring (bicyclic) bond motifs is 2. The van der Waals surface area contributed by atoms with Crippen molar-refractivity contribution in [2.24, 2.45) is 16.8 Å². The molecule has 0 spiro atoms. The first-order chi connectivity index (χ1) is 6.65. The number of rotatable bonds is 2. The van der Waals surface area contributed by atoms with E-state index < -0.39 is 0 Å². The molecule has 80 valence electrons. The number of nitrogens with zero attached hydrogens (tertiary/aromatic N) is 2. The summed E-state index contributed by atoms with van der Waals surface area (Å²) in [6, 6.07) is 1.12. The molecule has 0 amide bonds. The third kappa shape index (κ3) is 1.33. The summed E-state index contributed by atoms with van der Waals surface area (Å²) in [6.07, 6.45) is 1.02. The van der Waals surface area contributed by atoms with Crippen molar-refractivity contribution in [1.29, 1.82) is 0 Å². The first-order valence-electron chi connectivity index (χ1n) is 5.26. The van der Waals surface area contributed by atoms with Crippen LogP contribution in [0.2, 0.25) is 0 Å². The van der Waals surface area contributed by atoms with E-state index in [9.17, 15) is 0 Å². The Kier molecular flexibility index (Phi) is 2.49. The van der Waals surface area contributed by atoms with Gasteiger partial charge in [0.15, 0.2) is 0 Å². The molecule has 2 rings (SSSR count). The van der Waals surface area contributed by atoms with Crippen molar-refractivity contribution in [3.8, 4) is 0 Å². The maximum atomic E-state index is 6.16. The van der Waals surface area contributed by atoms with Crippen LogP contribution in [-0.2, 0) is 4.84 Å². The normalized spacial score (nSPS) is 40.1. The van der Waals surface area contributed by atoms with Gasteiger partial charge in [-0.1, -0.05) is 5.16 Å². The van der Waals surface area contributed by atoms with E-state index in [1.54, 1.807) is 7.11 Å². The number of hydrogen-bond acceptors (Lipinski definition) is 4. The summed E-state index contributed by atoms with van der Waals surface area (Å²) in [6.45, 7) is 5.53. The molecule has 4 heteroatoms. The molecule has 2 fully saturated rings. The summed E-state index contributed by atoms with van der Waals surface area (Å²) >= 11 is 0. The molecular formula is C10H19N3O. The zero-order valence-corrected chi connectivity index (χ0v) is 9.10. The fraction of sp³-hybridized carbons (Fsp3) is 0.900. The van der Waals surface area contributed by atoms with Crippen LogP contribution in [-0.4, -0.2) is 42.4 Å². The molecule has 1 saturated heterocycles. The van der Waals surface area contributed by atoms with E-state index in [-0.39, 0.29) is 6.04 Å². The SMILES string of the molecule is CO/N=C1\C[C@@H]2CN(C(C)C)[C@H]1[C@@H]2N. The predicted octanol–water partition coefficient (Wildman–Crippen LogP) is 0.429. The molecule has 2 bridgehead atoms. The maximum absolute atomic E-state index is 6.16. The third-order valence-corrected chi connectivity index (χ3v) is 3.40. The van der Waals surface area contributed by atoms with E-state index in [0.29, 0.717) is 18.0 Å². The van der Waals surface area contributed by atoms with Crippen LogP contribution in [0.1, 0.15) is 20.3 Å². The van der Waals surface area contributed by atoms with Gasteiger partial charge in [0.2, 0.25) is 0 Å². The Balaban J connectivity index is 2.19. The van der Waals surface area contributed by atoms with E-state index >= 15 is 0 Å². The summed E-state index contributed by atoms with van der Waals surface area (Å²) in [5.41, 5.74) is 7.28. The predicted molar refractivity (Wildman–Crippen MR) is 56.2 cm³/mol. The standard InChI is InChI=1S/C10H19N3O/c1-6(2)13-5-7-4-8(12-14-3)10(13)9(7)11/h6-7,9-10H,4-5,11H2,1-3H3/b12-8+/t7-,9-,10-/m1/s1. The van der Waals surface area contributed by atoms with Gasteiger partial charge >= 0.3 is 0 Å². The van der Waals surface area contributed by atoms with Crippen LogP contribution in [0.5, 0.6) is 0 Å². The van der Waals surface area contributed by atoms with Crippen molar-refractivity contribution < 1.29 is 4.84 Å². The number of nitrogens with two attached hydrogens (primary N) is 1. The van der Waals surface area contributed by atoms with Crippen LogP contribution in [0.3, 0.4) is 0 Å². The lowest BCUT2D eigenvalue weighted by Gasteiger charge is -2.31. The van der Waals surface area contributed by atoms with Crippen molar-refractivity contribution in [3.63, 3.8) is 0 Å². The first-order valence-corrected chi connectivity index (χ1v) is 5.26. The van der Waals surface area contributed by atoms with Crippen molar-refractivity contribution in [2.45, 2.75) is 38.4 Å². The number of likely N-dealkylation sites (tertiary alicyclic amines) is 1. The van der Waals surface area contributed by atoms with E-state index in [0.717, 1.165) is 18.7 Å². The molecule has 2 N–H and O–H groups in total. The second kappa shape index (κ2) is 3.51. The molecule has 14 heavy (non-hydrogen) atoms. The van der Waals surface area contributed by atoms with Crippen LogP contribution < -0.4 is 5.73 Å². The highest BCUT2D eigenvalue weighted by atomic mass is 16.6. The van der Waals surface area contributed by atoms with Crippen LogP contribution in [0.4, 0.5) is 0 Å². The second-order valence-electron chi connectivity index (χ2n) is 4.54. The molecule has 0 unspecified atom stereocenters. The van der Waals surface area contributed by atoms with Gasteiger partial charge in [-0.05, 0) is 26.2 Å². The first kappa shape index (κ1) is 9.93. The molecule has 2 aliphatic rings. The molecule has 1 aliphatic carbocycles. The van der Waals surface area contributed by atoms with Gasteiger partial charge < -0.3 is 10.6 Å². The number of piperidine rings is 1. The van der Waals surface area contributed by atoms with E-state index in [2.05, 4.69) is 23.9 Å². The average molecular weight is 197 g/mol. The zero-order valence-electron chi connectivity index (χ0n) is 9.10. The molecule has 1 aliphatic heterocycles. The lowest BCUT2D eigenvalue weighted by molar-refractivity contribution is 0.191. The Hall–Kier alpha value is -0.610. The fourth-order valence-electron chi connectivity index (χ4n) is 2.73.